The standard InChI is InChI=1S/C12H18N2O4/c1-9-7-10(15)14(18-9)11(16)8-13-5-3-12(2,17)4-6-13/h7,17H,3-6,8H2,1-2H3. The molecule has 1 fully saturated rings. The number of hydrogen-bond acceptors (Lipinski definition) is 5. The number of hydrogen-bond donors (Lipinski definition) is 1. The summed E-state index contributed by atoms with van der Waals surface area (Å²) in [4.78, 5) is 25.2. The third-order valence-corrected chi connectivity index (χ3v) is 3.28. The normalized spacial score (nSPS) is 19.9. The molecule has 0 radical (unpaired) electrons. The second-order valence-electron chi connectivity index (χ2n) is 5.15. The molecule has 1 N–H and O–H groups in total. The number of rotatable bonds is 2. The van der Waals surface area contributed by atoms with Gasteiger partial charge in [-0.3, -0.25) is 14.5 Å². The molecule has 1 aromatic rings. The maximum Gasteiger partial charge on any atom is 0.290 e. The Bertz CT molecular complexity index is 490. The van der Waals surface area contributed by atoms with Gasteiger partial charge in [0.15, 0.2) is 0 Å². The molecular formula is C12H18N2O4. The van der Waals surface area contributed by atoms with Crippen LogP contribution < -0.4 is 5.56 Å². The molecule has 0 unspecified atom stereocenters. The van der Waals surface area contributed by atoms with Gasteiger partial charge in [0.1, 0.15) is 5.76 Å². The van der Waals surface area contributed by atoms with E-state index in [1.165, 1.54) is 6.07 Å². The summed E-state index contributed by atoms with van der Waals surface area (Å²) in [5.41, 5.74) is -1.07. The lowest BCUT2D eigenvalue weighted by Gasteiger charge is -2.35. The van der Waals surface area contributed by atoms with Crippen LogP contribution in [0.4, 0.5) is 0 Å². The first-order chi connectivity index (χ1) is 8.37. The van der Waals surface area contributed by atoms with Crippen LogP contribution in [0.3, 0.4) is 0 Å². The van der Waals surface area contributed by atoms with Crippen LogP contribution in [0.2, 0.25) is 0 Å². The fourth-order valence-corrected chi connectivity index (χ4v) is 2.07. The van der Waals surface area contributed by atoms with E-state index < -0.39 is 11.2 Å². The Balaban J connectivity index is 1.97. The molecule has 0 aliphatic carbocycles. The van der Waals surface area contributed by atoms with Crippen molar-refractivity contribution in [2.24, 2.45) is 0 Å². The van der Waals surface area contributed by atoms with Gasteiger partial charge in [0, 0.05) is 19.2 Å². The molecule has 1 aliphatic rings. The van der Waals surface area contributed by atoms with E-state index in [4.69, 9.17) is 4.52 Å². The van der Waals surface area contributed by atoms with Crippen LogP contribution in [0.1, 0.15) is 30.3 Å². The van der Waals surface area contributed by atoms with Crippen molar-refractivity contribution in [1.82, 2.24) is 9.64 Å². The van der Waals surface area contributed by atoms with Crippen molar-refractivity contribution in [2.45, 2.75) is 32.3 Å². The van der Waals surface area contributed by atoms with Gasteiger partial charge in [-0.1, -0.05) is 0 Å². The molecule has 2 rings (SSSR count). The highest BCUT2D eigenvalue weighted by Crippen LogP contribution is 2.20. The zero-order chi connectivity index (χ0) is 13.3. The quantitative estimate of drug-likeness (QED) is 0.818. The number of aliphatic hydroxyl groups is 1. The molecule has 18 heavy (non-hydrogen) atoms. The number of carbonyl (C=O) groups excluding carboxylic acids is 1. The monoisotopic (exact) mass is 254 g/mol. The van der Waals surface area contributed by atoms with Gasteiger partial charge in [-0.05, 0) is 26.7 Å². The van der Waals surface area contributed by atoms with Gasteiger partial charge in [-0.2, -0.15) is 0 Å². The molecule has 6 heteroatoms. The lowest BCUT2D eigenvalue weighted by Crippen LogP contribution is -2.45. The average molecular weight is 254 g/mol. The van der Waals surface area contributed by atoms with E-state index in [2.05, 4.69) is 0 Å². The summed E-state index contributed by atoms with van der Waals surface area (Å²) >= 11 is 0. The molecular weight excluding hydrogens is 236 g/mol. The Hall–Kier alpha value is -1.40. The summed E-state index contributed by atoms with van der Waals surface area (Å²) in [5, 5.41) is 9.81. The first kappa shape index (κ1) is 13.0. The predicted molar refractivity (Wildman–Crippen MR) is 64.6 cm³/mol. The molecule has 0 aromatic carbocycles. The number of nitrogens with zero attached hydrogens (tertiary/aromatic N) is 2. The van der Waals surface area contributed by atoms with E-state index in [1.54, 1.807) is 13.8 Å². The Morgan fingerprint density at radius 2 is 2.11 bits per heavy atom. The maximum absolute atomic E-state index is 11.9. The lowest BCUT2D eigenvalue weighted by atomic mass is 9.94. The Kier molecular flexibility index (Phi) is 3.41. The van der Waals surface area contributed by atoms with Gasteiger partial charge in [-0.25, -0.2) is 0 Å². The molecule has 0 bridgehead atoms. The predicted octanol–water partition coefficient (Wildman–Crippen LogP) is 0.237. The molecule has 0 atom stereocenters. The highest BCUT2D eigenvalue weighted by atomic mass is 16.5. The van der Waals surface area contributed by atoms with Gasteiger partial charge < -0.3 is 9.63 Å². The number of piperidine rings is 1. The molecule has 1 aliphatic heterocycles. The molecule has 0 spiro atoms. The summed E-state index contributed by atoms with van der Waals surface area (Å²) < 4.78 is 5.83. The molecule has 100 valence electrons. The minimum absolute atomic E-state index is 0.142. The van der Waals surface area contributed by atoms with Crippen molar-refractivity contribution in [3.05, 3.63) is 22.2 Å². The second-order valence-corrected chi connectivity index (χ2v) is 5.15. The summed E-state index contributed by atoms with van der Waals surface area (Å²) in [6.45, 7) is 4.86. The second kappa shape index (κ2) is 4.70. The van der Waals surface area contributed by atoms with E-state index in [9.17, 15) is 14.7 Å². The van der Waals surface area contributed by atoms with Crippen LogP contribution in [-0.4, -0.2) is 45.9 Å². The van der Waals surface area contributed by atoms with Crippen molar-refractivity contribution in [1.29, 1.82) is 0 Å². The van der Waals surface area contributed by atoms with E-state index >= 15 is 0 Å². The summed E-state index contributed by atoms with van der Waals surface area (Å²) in [6, 6.07) is 1.29. The van der Waals surface area contributed by atoms with Crippen LogP contribution in [0.5, 0.6) is 0 Å². The first-order valence-corrected chi connectivity index (χ1v) is 6.05. The van der Waals surface area contributed by atoms with Gasteiger partial charge in [-0.15, -0.1) is 4.74 Å². The largest absolute Gasteiger partial charge is 0.390 e. The third kappa shape index (κ3) is 2.88. The average Bonchev–Trinajstić information content (AvgIpc) is 2.61. The molecule has 1 saturated heterocycles. The molecule has 6 nitrogen and oxygen atoms in total. The highest BCUT2D eigenvalue weighted by molar-refractivity contribution is 5.79. The van der Waals surface area contributed by atoms with Crippen molar-refractivity contribution < 1.29 is 14.4 Å². The SMILES string of the molecule is Cc1cc(=O)n(C(=O)CN2CCC(C)(O)CC2)o1. The van der Waals surface area contributed by atoms with Gasteiger partial charge in [0.2, 0.25) is 0 Å². The Morgan fingerprint density at radius 3 is 2.61 bits per heavy atom. The number of aromatic nitrogens is 1. The van der Waals surface area contributed by atoms with Crippen molar-refractivity contribution in [3.8, 4) is 0 Å². The first-order valence-electron chi connectivity index (χ1n) is 6.05. The fraction of sp³-hybridized carbons (Fsp3) is 0.667. The van der Waals surface area contributed by atoms with E-state index in [0.717, 1.165) is 4.74 Å². The van der Waals surface area contributed by atoms with E-state index in [-0.39, 0.29) is 12.5 Å². The van der Waals surface area contributed by atoms with Crippen LogP contribution >= 0.6 is 0 Å². The van der Waals surface area contributed by atoms with Crippen LogP contribution in [0.25, 0.3) is 0 Å². The van der Waals surface area contributed by atoms with Crippen molar-refractivity contribution in [2.75, 3.05) is 19.6 Å². The van der Waals surface area contributed by atoms with Gasteiger partial charge >= 0.3 is 0 Å². The third-order valence-electron chi connectivity index (χ3n) is 3.28. The highest BCUT2D eigenvalue weighted by Gasteiger charge is 2.28. The Labute approximate surface area is 105 Å². The number of likely N-dealkylation sites (tertiary alicyclic amines) is 1. The fourth-order valence-electron chi connectivity index (χ4n) is 2.07. The lowest BCUT2D eigenvalue weighted by molar-refractivity contribution is -0.00584. The topological polar surface area (TPSA) is 75.7 Å². The molecule has 0 saturated carbocycles. The number of carbonyl (C=O) groups is 1. The minimum Gasteiger partial charge on any atom is -0.390 e. The van der Waals surface area contributed by atoms with Crippen molar-refractivity contribution in [3.63, 3.8) is 0 Å². The summed E-state index contributed by atoms with van der Waals surface area (Å²) in [6.07, 6.45) is 1.26. The Morgan fingerprint density at radius 1 is 1.50 bits per heavy atom. The summed E-state index contributed by atoms with van der Waals surface area (Å²) in [5.74, 6) is 0.0598. The van der Waals surface area contributed by atoms with E-state index in [1.807, 2.05) is 4.90 Å². The minimum atomic E-state index is -0.641. The van der Waals surface area contributed by atoms with Crippen LogP contribution in [0.15, 0.2) is 15.4 Å². The molecule has 1 aromatic heterocycles. The molecule has 0 amide bonds. The molecule has 2 heterocycles. The van der Waals surface area contributed by atoms with Gasteiger partial charge in [0.05, 0.1) is 12.1 Å². The number of aryl methyl sites for hydroxylation is 1. The zero-order valence-corrected chi connectivity index (χ0v) is 10.7. The zero-order valence-electron chi connectivity index (χ0n) is 10.7. The maximum atomic E-state index is 11.9. The smallest absolute Gasteiger partial charge is 0.290 e. The van der Waals surface area contributed by atoms with Crippen molar-refractivity contribution >= 4 is 5.91 Å². The van der Waals surface area contributed by atoms with Crippen LogP contribution in [-0.2, 0) is 0 Å². The van der Waals surface area contributed by atoms with Crippen LogP contribution in [0, 0.1) is 6.92 Å². The van der Waals surface area contributed by atoms with E-state index in [0.29, 0.717) is 31.7 Å². The summed E-state index contributed by atoms with van der Waals surface area (Å²) in [7, 11) is 0. The van der Waals surface area contributed by atoms with Gasteiger partial charge in [0.25, 0.3) is 11.5 Å².